The van der Waals surface area contributed by atoms with Gasteiger partial charge in [0.05, 0.1) is 5.69 Å². The van der Waals surface area contributed by atoms with Crippen LogP contribution in [-0.2, 0) is 17.1 Å². The van der Waals surface area contributed by atoms with Crippen LogP contribution >= 0.6 is 11.6 Å². The van der Waals surface area contributed by atoms with Gasteiger partial charge in [-0.1, -0.05) is 23.8 Å². The number of halogens is 1. The van der Waals surface area contributed by atoms with Crippen molar-refractivity contribution in [1.29, 1.82) is 0 Å². The van der Waals surface area contributed by atoms with Gasteiger partial charge >= 0.3 is 0 Å². The van der Waals surface area contributed by atoms with E-state index in [4.69, 9.17) is 11.6 Å². The fraction of sp³-hybridized carbons (Fsp3) is 0.444. The summed E-state index contributed by atoms with van der Waals surface area (Å²) in [6.07, 6.45) is 3.63. The van der Waals surface area contributed by atoms with Crippen LogP contribution in [0.2, 0.25) is 5.15 Å². The Morgan fingerprint density at radius 2 is 1.94 bits per heavy atom. The monoisotopic (exact) mass is 261 g/mol. The Morgan fingerprint density at radius 3 is 2.38 bits per heavy atom. The second kappa shape index (κ2) is 3.87. The fourth-order valence-corrected chi connectivity index (χ4v) is 3.74. The highest BCUT2D eigenvalue weighted by molar-refractivity contribution is 7.89. The lowest BCUT2D eigenvalue weighted by molar-refractivity contribution is 0.487. The predicted octanol–water partition coefficient (Wildman–Crippen LogP) is 0.942. The standard InChI is InChI=1S/C9H12ClN3O2S/c1-7-8(9(10)12(2)11-7)16(14,15)13-5-3-4-6-13/h3-4H,5-6H2,1-2H3. The van der Waals surface area contributed by atoms with Crippen molar-refractivity contribution in [2.45, 2.75) is 11.8 Å². The number of sulfonamides is 1. The molecule has 1 aliphatic heterocycles. The van der Waals surface area contributed by atoms with Crippen molar-refractivity contribution in [1.82, 2.24) is 14.1 Å². The van der Waals surface area contributed by atoms with E-state index < -0.39 is 10.0 Å². The maximum Gasteiger partial charge on any atom is 0.248 e. The van der Waals surface area contributed by atoms with Crippen LogP contribution in [0.25, 0.3) is 0 Å². The van der Waals surface area contributed by atoms with Crippen molar-refractivity contribution in [3.05, 3.63) is 23.0 Å². The van der Waals surface area contributed by atoms with Gasteiger partial charge in [0, 0.05) is 20.1 Å². The molecule has 0 radical (unpaired) electrons. The highest BCUT2D eigenvalue weighted by atomic mass is 35.5. The molecule has 1 aromatic heterocycles. The zero-order valence-electron chi connectivity index (χ0n) is 9.01. The molecule has 16 heavy (non-hydrogen) atoms. The summed E-state index contributed by atoms with van der Waals surface area (Å²) in [4.78, 5) is 0.111. The summed E-state index contributed by atoms with van der Waals surface area (Å²) in [7, 11) is -1.90. The lowest BCUT2D eigenvalue weighted by atomic mass is 10.5. The molecule has 0 fully saturated rings. The minimum Gasteiger partial charge on any atom is -0.255 e. The SMILES string of the molecule is Cc1nn(C)c(Cl)c1S(=O)(=O)N1CC=CC1. The fourth-order valence-electron chi connectivity index (χ4n) is 1.69. The van der Waals surface area contributed by atoms with E-state index in [1.54, 1.807) is 14.0 Å². The molecule has 0 spiro atoms. The normalized spacial score (nSPS) is 17.2. The Hall–Kier alpha value is -0.850. The molecule has 1 aliphatic rings. The van der Waals surface area contributed by atoms with Crippen LogP contribution in [0.3, 0.4) is 0 Å². The summed E-state index contributed by atoms with van der Waals surface area (Å²) in [6.45, 7) is 2.43. The van der Waals surface area contributed by atoms with Crippen molar-refractivity contribution in [2.24, 2.45) is 7.05 Å². The van der Waals surface area contributed by atoms with Gasteiger partial charge in [-0.2, -0.15) is 9.40 Å². The molecule has 0 aliphatic carbocycles. The molecule has 0 atom stereocenters. The van der Waals surface area contributed by atoms with Crippen LogP contribution in [0.4, 0.5) is 0 Å². The van der Waals surface area contributed by atoms with Crippen molar-refractivity contribution in [3.63, 3.8) is 0 Å². The Labute approximate surface area is 99.4 Å². The van der Waals surface area contributed by atoms with Gasteiger partial charge in [-0.3, -0.25) is 4.68 Å². The molecule has 88 valence electrons. The molecule has 0 saturated heterocycles. The number of hydrogen-bond donors (Lipinski definition) is 0. The van der Waals surface area contributed by atoms with Crippen LogP contribution in [0.15, 0.2) is 17.0 Å². The molecule has 0 aromatic carbocycles. The summed E-state index contributed by atoms with van der Waals surface area (Å²) in [5, 5.41) is 4.16. The van der Waals surface area contributed by atoms with Gasteiger partial charge in [0.1, 0.15) is 10.0 Å². The smallest absolute Gasteiger partial charge is 0.248 e. The van der Waals surface area contributed by atoms with Gasteiger partial charge in [0.2, 0.25) is 10.0 Å². The van der Waals surface area contributed by atoms with Crippen LogP contribution in [-0.4, -0.2) is 35.6 Å². The molecular formula is C9H12ClN3O2S. The molecule has 0 unspecified atom stereocenters. The van der Waals surface area contributed by atoms with Crippen LogP contribution < -0.4 is 0 Å². The first kappa shape index (κ1) is 11.6. The number of hydrogen-bond acceptors (Lipinski definition) is 3. The van der Waals surface area contributed by atoms with E-state index in [9.17, 15) is 8.42 Å². The van der Waals surface area contributed by atoms with Gasteiger partial charge in [0.25, 0.3) is 0 Å². The average Bonchev–Trinajstić information content (AvgIpc) is 2.76. The highest BCUT2D eigenvalue weighted by Gasteiger charge is 2.31. The first-order valence-corrected chi connectivity index (χ1v) is 6.60. The third-order valence-electron chi connectivity index (χ3n) is 2.48. The van der Waals surface area contributed by atoms with Crippen LogP contribution in [0, 0.1) is 6.92 Å². The predicted molar refractivity (Wildman–Crippen MR) is 60.9 cm³/mol. The molecule has 2 heterocycles. The van der Waals surface area contributed by atoms with Crippen LogP contribution in [0.1, 0.15) is 5.69 Å². The molecular weight excluding hydrogens is 250 g/mol. The second-order valence-corrected chi connectivity index (χ2v) is 5.86. The molecule has 0 saturated carbocycles. The molecule has 7 heteroatoms. The van der Waals surface area contributed by atoms with Crippen molar-refractivity contribution in [3.8, 4) is 0 Å². The van der Waals surface area contributed by atoms with Crippen LogP contribution in [0.5, 0.6) is 0 Å². The van der Waals surface area contributed by atoms with Crippen molar-refractivity contribution in [2.75, 3.05) is 13.1 Å². The number of nitrogens with zero attached hydrogens (tertiary/aromatic N) is 3. The highest BCUT2D eigenvalue weighted by Crippen LogP contribution is 2.27. The Bertz CT molecular complexity index is 539. The number of aromatic nitrogens is 2. The maximum absolute atomic E-state index is 12.2. The maximum atomic E-state index is 12.2. The second-order valence-electron chi connectivity index (χ2n) is 3.62. The molecule has 0 N–H and O–H groups in total. The third-order valence-corrected chi connectivity index (χ3v) is 5.01. The Morgan fingerprint density at radius 1 is 1.38 bits per heavy atom. The number of rotatable bonds is 2. The summed E-state index contributed by atoms with van der Waals surface area (Å²) in [6, 6.07) is 0. The van der Waals surface area contributed by atoms with E-state index in [-0.39, 0.29) is 10.0 Å². The third kappa shape index (κ3) is 1.66. The molecule has 2 rings (SSSR count). The van der Waals surface area contributed by atoms with E-state index >= 15 is 0 Å². The zero-order chi connectivity index (χ0) is 11.9. The lowest BCUT2D eigenvalue weighted by Gasteiger charge is -2.15. The quantitative estimate of drug-likeness (QED) is 0.745. The van der Waals surface area contributed by atoms with Crippen molar-refractivity contribution < 1.29 is 8.42 Å². The summed E-state index contributed by atoms with van der Waals surface area (Å²) >= 11 is 5.95. The van der Waals surface area contributed by atoms with E-state index in [0.29, 0.717) is 18.8 Å². The largest absolute Gasteiger partial charge is 0.255 e. The number of aryl methyl sites for hydroxylation is 2. The lowest BCUT2D eigenvalue weighted by Crippen LogP contribution is -2.28. The van der Waals surface area contributed by atoms with E-state index in [1.807, 2.05) is 12.2 Å². The summed E-state index contributed by atoms with van der Waals surface area (Å²) < 4.78 is 27.2. The molecule has 0 bridgehead atoms. The Kier molecular flexibility index (Phi) is 2.81. The first-order chi connectivity index (χ1) is 7.44. The minimum absolute atomic E-state index is 0.111. The Balaban J connectivity index is 2.51. The van der Waals surface area contributed by atoms with E-state index in [2.05, 4.69) is 5.10 Å². The van der Waals surface area contributed by atoms with Gasteiger partial charge in [-0.05, 0) is 6.92 Å². The van der Waals surface area contributed by atoms with E-state index in [1.165, 1.54) is 8.99 Å². The first-order valence-electron chi connectivity index (χ1n) is 4.79. The van der Waals surface area contributed by atoms with Gasteiger partial charge in [-0.25, -0.2) is 8.42 Å². The zero-order valence-corrected chi connectivity index (χ0v) is 10.6. The molecule has 0 amide bonds. The average molecular weight is 262 g/mol. The topological polar surface area (TPSA) is 55.2 Å². The minimum atomic E-state index is -3.52. The summed E-state index contributed by atoms with van der Waals surface area (Å²) in [5.74, 6) is 0. The molecule has 1 aromatic rings. The molecule has 5 nitrogen and oxygen atoms in total. The van der Waals surface area contributed by atoms with Gasteiger partial charge in [0.15, 0.2) is 0 Å². The van der Waals surface area contributed by atoms with E-state index in [0.717, 1.165) is 0 Å². The van der Waals surface area contributed by atoms with Gasteiger partial charge in [-0.15, -0.1) is 0 Å². The van der Waals surface area contributed by atoms with Crippen molar-refractivity contribution >= 4 is 21.6 Å². The summed E-state index contributed by atoms with van der Waals surface area (Å²) in [5.41, 5.74) is 0.430. The van der Waals surface area contributed by atoms with Gasteiger partial charge < -0.3 is 0 Å².